The molecule has 0 saturated heterocycles. The van der Waals surface area contributed by atoms with Crippen LogP contribution in [0.2, 0.25) is 0 Å². The third-order valence-corrected chi connectivity index (χ3v) is 5.15. The van der Waals surface area contributed by atoms with Crippen molar-refractivity contribution in [3.63, 3.8) is 0 Å². The zero-order valence-corrected chi connectivity index (χ0v) is 16.4. The van der Waals surface area contributed by atoms with Crippen molar-refractivity contribution in [1.29, 1.82) is 0 Å². The summed E-state index contributed by atoms with van der Waals surface area (Å²) in [4.78, 5) is 23.8. The molecule has 0 atom stereocenters. The minimum atomic E-state index is -0.0456. The van der Waals surface area contributed by atoms with Gasteiger partial charge in [0.25, 0.3) is 5.91 Å². The van der Waals surface area contributed by atoms with Gasteiger partial charge in [0, 0.05) is 25.2 Å². The molecule has 0 bridgehead atoms. The fraction of sp³-hybridized carbons (Fsp3) is 0.500. The number of hydrogen-bond donors (Lipinski definition) is 1. The van der Waals surface area contributed by atoms with Crippen LogP contribution in [0.15, 0.2) is 36.4 Å². The predicted molar refractivity (Wildman–Crippen MR) is 109 cm³/mol. The molecule has 1 fully saturated rings. The molecule has 0 spiro atoms. The van der Waals surface area contributed by atoms with Crippen molar-refractivity contribution >= 4 is 11.7 Å². The number of carbonyl (C=O) groups is 1. The largest absolute Gasteiger partial charge is 0.367 e. The van der Waals surface area contributed by atoms with Gasteiger partial charge in [-0.15, -0.1) is 0 Å². The Balaban J connectivity index is 1.74. The quantitative estimate of drug-likeness (QED) is 0.760. The Kier molecular flexibility index (Phi) is 6.80. The maximum absolute atomic E-state index is 13.0. The van der Waals surface area contributed by atoms with Crippen molar-refractivity contribution in [2.75, 3.05) is 11.9 Å². The molecule has 0 aliphatic heterocycles. The van der Waals surface area contributed by atoms with E-state index in [1.807, 2.05) is 55.1 Å². The molecule has 1 aliphatic rings. The minimum absolute atomic E-state index is 0.0456. The summed E-state index contributed by atoms with van der Waals surface area (Å²) in [6, 6.07) is 12.3. The highest BCUT2D eigenvalue weighted by molar-refractivity contribution is 5.93. The summed E-state index contributed by atoms with van der Waals surface area (Å²) in [6.07, 6.45) is 7.48. The van der Waals surface area contributed by atoms with E-state index in [0.717, 1.165) is 11.4 Å². The first-order chi connectivity index (χ1) is 13.2. The molecule has 0 unspecified atom stereocenters. The minimum Gasteiger partial charge on any atom is -0.367 e. The highest BCUT2D eigenvalue weighted by Crippen LogP contribution is 2.21. The summed E-state index contributed by atoms with van der Waals surface area (Å²) in [5.41, 5.74) is 1.59. The van der Waals surface area contributed by atoms with Crippen LogP contribution in [0.3, 0.4) is 0 Å². The normalized spacial score (nSPS) is 15.2. The van der Waals surface area contributed by atoms with Gasteiger partial charge in [0.1, 0.15) is 17.3 Å². The molecule has 3 rings (SSSR count). The van der Waals surface area contributed by atoms with Crippen LogP contribution in [-0.2, 0) is 6.54 Å². The highest BCUT2D eigenvalue weighted by Gasteiger charge is 2.19. The Hall–Kier alpha value is -2.43. The van der Waals surface area contributed by atoms with Crippen LogP contribution in [0.5, 0.6) is 0 Å². The molecule has 1 N–H and O–H groups in total. The van der Waals surface area contributed by atoms with Crippen molar-refractivity contribution < 1.29 is 4.79 Å². The average Bonchev–Trinajstić information content (AvgIpc) is 2.94. The Labute approximate surface area is 162 Å². The number of benzene rings is 1. The van der Waals surface area contributed by atoms with Gasteiger partial charge in [0.05, 0.1) is 0 Å². The monoisotopic (exact) mass is 366 g/mol. The Morgan fingerprint density at radius 2 is 1.81 bits per heavy atom. The molecular weight excluding hydrogens is 336 g/mol. The Morgan fingerprint density at radius 3 is 2.48 bits per heavy atom. The first-order valence-corrected chi connectivity index (χ1v) is 10.1. The maximum Gasteiger partial charge on any atom is 0.272 e. The van der Waals surface area contributed by atoms with Crippen LogP contribution in [0.4, 0.5) is 5.82 Å². The van der Waals surface area contributed by atoms with E-state index in [2.05, 4.69) is 15.3 Å². The number of rotatable bonds is 6. The van der Waals surface area contributed by atoms with Gasteiger partial charge in [-0.1, -0.05) is 56.0 Å². The maximum atomic E-state index is 13.0. The van der Waals surface area contributed by atoms with Gasteiger partial charge in [-0.2, -0.15) is 0 Å². The molecule has 144 valence electrons. The lowest BCUT2D eigenvalue weighted by molar-refractivity contribution is 0.0746. The molecule has 1 amide bonds. The predicted octanol–water partition coefficient (Wildman–Crippen LogP) is 4.58. The van der Waals surface area contributed by atoms with Gasteiger partial charge in [0.2, 0.25) is 0 Å². The Bertz CT molecular complexity index is 739. The summed E-state index contributed by atoms with van der Waals surface area (Å²) in [6.45, 7) is 5.08. The molecule has 27 heavy (non-hydrogen) atoms. The average molecular weight is 367 g/mol. The van der Waals surface area contributed by atoms with Crippen LogP contribution < -0.4 is 5.32 Å². The number of aromatic nitrogens is 2. The number of carbonyl (C=O) groups excluding carboxylic acids is 1. The third-order valence-electron chi connectivity index (χ3n) is 5.15. The fourth-order valence-corrected chi connectivity index (χ4v) is 3.68. The summed E-state index contributed by atoms with van der Waals surface area (Å²) in [5.74, 6) is 1.36. The molecule has 5 heteroatoms. The van der Waals surface area contributed by atoms with Gasteiger partial charge in [-0.25, -0.2) is 9.97 Å². The second-order valence-electron chi connectivity index (χ2n) is 7.32. The molecule has 1 saturated carbocycles. The van der Waals surface area contributed by atoms with Crippen LogP contribution in [0.25, 0.3) is 0 Å². The second-order valence-corrected chi connectivity index (χ2v) is 7.32. The number of nitrogens with one attached hydrogen (secondary N) is 1. The number of anilines is 1. The van der Waals surface area contributed by atoms with Crippen molar-refractivity contribution in [3.8, 4) is 0 Å². The number of aryl methyl sites for hydroxylation is 1. The fourth-order valence-electron chi connectivity index (χ4n) is 3.68. The molecule has 0 radical (unpaired) electrons. The standard InChI is InChI=1S/C22H30N4O/c1-3-26(16-18-11-7-6-8-12-18)22(27)20-15-21(24-17(2)23-20)25-19-13-9-4-5-10-14-19/h6-8,11-12,15,19H,3-5,9-10,13-14,16H2,1-2H3,(H,23,24,25). The van der Waals surface area contributed by atoms with E-state index in [0.29, 0.717) is 30.6 Å². The lowest BCUT2D eigenvalue weighted by Crippen LogP contribution is -2.31. The van der Waals surface area contributed by atoms with Crippen molar-refractivity contribution in [2.24, 2.45) is 0 Å². The number of hydrogen-bond acceptors (Lipinski definition) is 4. The van der Waals surface area contributed by atoms with E-state index in [4.69, 9.17) is 0 Å². The number of amides is 1. The summed E-state index contributed by atoms with van der Waals surface area (Å²) >= 11 is 0. The second kappa shape index (κ2) is 9.49. The lowest BCUT2D eigenvalue weighted by Gasteiger charge is -2.22. The lowest BCUT2D eigenvalue weighted by atomic mass is 10.1. The molecule has 1 aromatic heterocycles. The van der Waals surface area contributed by atoms with E-state index in [-0.39, 0.29) is 5.91 Å². The van der Waals surface area contributed by atoms with Crippen molar-refractivity contribution in [3.05, 3.63) is 53.5 Å². The van der Waals surface area contributed by atoms with Gasteiger partial charge < -0.3 is 10.2 Å². The van der Waals surface area contributed by atoms with Crippen LogP contribution in [0.1, 0.15) is 67.3 Å². The van der Waals surface area contributed by atoms with Gasteiger partial charge in [-0.05, 0) is 32.3 Å². The van der Waals surface area contributed by atoms with E-state index >= 15 is 0 Å². The van der Waals surface area contributed by atoms with Gasteiger partial charge >= 0.3 is 0 Å². The smallest absolute Gasteiger partial charge is 0.272 e. The topological polar surface area (TPSA) is 58.1 Å². The van der Waals surface area contributed by atoms with E-state index in [9.17, 15) is 4.79 Å². The Morgan fingerprint density at radius 1 is 1.11 bits per heavy atom. The van der Waals surface area contributed by atoms with Crippen LogP contribution in [0, 0.1) is 6.92 Å². The summed E-state index contributed by atoms with van der Waals surface area (Å²) < 4.78 is 0. The molecule has 1 aromatic carbocycles. The summed E-state index contributed by atoms with van der Waals surface area (Å²) in [5, 5.41) is 3.54. The summed E-state index contributed by atoms with van der Waals surface area (Å²) in [7, 11) is 0. The first kappa shape index (κ1) is 19.3. The van der Waals surface area contributed by atoms with Gasteiger partial charge in [0.15, 0.2) is 0 Å². The molecular formula is C22H30N4O. The van der Waals surface area contributed by atoms with Crippen LogP contribution in [-0.4, -0.2) is 33.4 Å². The molecule has 2 aromatic rings. The highest BCUT2D eigenvalue weighted by atomic mass is 16.2. The molecule has 1 aliphatic carbocycles. The third kappa shape index (κ3) is 5.52. The number of nitrogens with zero attached hydrogens (tertiary/aromatic N) is 3. The first-order valence-electron chi connectivity index (χ1n) is 10.1. The van der Waals surface area contributed by atoms with E-state index < -0.39 is 0 Å². The van der Waals surface area contributed by atoms with Crippen LogP contribution >= 0.6 is 0 Å². The molecule has 1 heterocycles. The zero-order chi connectivity index (χ0) is 19.1. The SMILES string of the molecule is CCN(Cc1ccccc1)C(=O)c1cc(NC2CCCCCC2)nc(C)n1. The zero-order valence-electron chi connectivity index (χ0n) is 16.4. The van der Waals surface area contributed by atoms with Crippen molar-refractivity contribution in [2.45, 2.75) is 65.0 Å². The molecule has 5 nitrogen and oxygen atoms in total. The van der Waals surface area contributed by atoms with E-state index in [1.165, 1.54) is 38.5 Å². The van der Waals surface area contributed by atoms with Crippen molar-refractivity contribution in [1.82, 2.24) is 14.9 Å². The van der Waals surface area contributed by atoms with Gasteiger partial charge in [-0.3, -0.25) is 4.79 Å². The van der Waals surface area contributed by atoms with E-state index in [1.54, 1.807) is 0 Å².